The third-order valence-electron chi connectivity index (χ3n) is 3.03. The van der Waals surface area contributed by atoms with E-state index in [1.54, 1.807) is 31.6 Å². The summed E-state index contributed by atoms with van der Waals surface area (Å²) in [4.78, 5) is 4.00. The summed E-state index contributed by atoms with van der Waals surface area (Å²) < 4.78 is 31.8. The van der Waals surface area contributed by atoms with E-state index < -0.39 is 11.6 Å². The standard InChI is InChI=1S/C15H16F2N2O/c1-3-19-15(10-4-5-12(16)13(17)8-10)11-6-7-18-9-14(11)20-2/h4-9,15,19H,3H2,1-2H3. The molecule has 0 saturated carbocycles. The molecule has 0 spiro atoms. The van der Waals surface area contributed by atoms with Crippen LogP contribution in [0.3, 0.4) is 0 Å². The summed E-state index contributed by atoms with van der Waals surface area (Å²) in [6.07, 6.45) is 3.24. The van der Waals surface area contributed by atoms with Crippen LogP contribution in [-0.2, 0) is 0 Å². The van der Waals surface area contributed by atoms with Gasteiger partial charge in [-0.25, -0.2) is 8.78 Å². The number of aromatic nitrogens is 1. The molecule has 1 unspecified atom stereocenters. The normalized spacial score (nSPS) is 12.2. The average molecular weight is 278 g/mol. The fourth-order valence-electron chi connectivity index (χ4n) is 2.10. The highest BCUT2D eigenvalue weighted by Gasteiger charge is 2.18. The molecular formula is C15H16F2N2O. The van der Waals surface area contributed by atoms with Gasteiger partial charge in [-0.1, -0.05) is 13.0 Å². The first kappa shape index (κ1) is 14.4. The van der Waals surface area contributed by atoms with Crippen LogP contribution in [0.4, 0.5) is 8.78 Å². The third-order valence-corrected chi connectivity index (χ3v) is 3.03. The zero-order valence-corrected chi connectivity index (χ0v) is 11.4. The lowest BCUT2D eigenvalue weighted by atomic mass is 9.98. The summed E-state index contributed by atoms with van der Waals surface area (Å²) in [5, 5.41) is 3.24. The van der Waals surface area contributed by atoms with Gasteiger partial charge in [0.05, 0.1) is 19.3 Å². The van der Waals surface area contributed by atoms with E-state index in [1.165, 1.54) is 6.07 Å². The van der Waals surface area contributed by atoms with Gasteiger partial charge in [0.1, 0.15) is 5.75 Å². The molecule has 1 heterocycles. The largest absolute Gasteiger partial charge is 0.495 e. The van der Waals surface area contributed by atoms with Crippen LogP contribution in [0.5, 0.6) is 5.75 Å². The van der Waals surface area contributed by atoms with Crippen LogP contribution in [0.25, 0.3) is 0 Å². The molecule has 20 heavy (non-hydrogen) atoms. The Morgan fingerprint density at radius 1 is 1.25 bits per heavy atom. The number of benzene rings is 1. The monoisotopic (exact) mass is 278 g/mol. The molecule has 0 amide bonds. The Hall–Kier alpha value is -2.01. The first-order valence-corrected chi connectivity index (χ1v) is 6.33. The SMILES string of the molecule is CCNC(c1ccc(F)c(F)c1)c1ccncc1OC. The molecule has 0 aliphatic carbocycles. The molecule has 3 nitrogen and oxygen atoms in total. The lowest BCUT2D eigenvalue weighted by Gasteiger charge is -2.21. The van der Waals surface area contributed by atoms with Gasteiger partial charge >= 0.3 is 0 Å². The number of pyridine rings is 1. The number of nitrogens with one attached hydrogen (secondary N) is 1. The number of methoxy groups -OCH3 is 1. The molecule has 0 bridgehead atoms. The highest BCUT2D eigenvalue weighted by Crippen LogP contribution is 2.29. The number of halogens is 2. The molecule has 1 aromatic carbocycles. The molecule has 1 N–H and O–H groups in total. The molecule has 5 heteroatoms. The second-order valence-electron chi connectivity index (χ2n) is 4.28. The van der Waals surface area contributed by atoms with E-state index in [-0.39, 0.29) is 6.04 Å². The molecule has 0 aliphatic heterocycles. The van der Waals surface area contributed by atoms with Gasteiger partial charge in [0.15, 0.2) is 11.6 Å². The number of hydrogen-bond donors (Lipinski definition) is 1. The molecule has 0 radical (unpaired) electrons. The van der Waals surface area contributed by atoms with Crippen molar-refractivity contribution in [1.29, 1.82) is 0 Å². The molecule has 0 saturated heterocycles. The van der Waals surface area contributed by atoms with Crippen LogP contribution in [0, 0.1) is 11.6 Å². The van der Waals surface area contributed by atoms with Crippen LogP contribution in [0.15, 0.2) is 36.7 Å². The summed E-state index contributed by atoms with van der Waals surface area (Å²) in [5.41, 5.74) is 1.46. The fraction of sp³-hybridized carbons (Fsp3) is 0.267. The predicted molar refractivity (Wildman–Crippen MR) is 72.7 cm³/mol. The lowest BCUT2D eigenvalue weighted by molar-refractivity contribution is 0.402. The van der Waals surface area contributed by atoms with Crippen LogP contribution in [-0.4, -0.2) is 18.6 Å². The second kappa shape index (κ2) is 6.43. The highest BCUT2D eigenvalue weighted by atomic mass is 19.2. The Morgan fingerprint density at radius 2 is 2.05 bits per heavy atom. The topological polar surface area (TPSA) is 34.2 Å². The molecule has 0 fully saturated rings. The van der Waals surface area contributed by atoms with Crippen LogP contribution < -0.4 is 10.1 Å². The van der Waals surface area contributed by atoms with Crippen molar-refractivity contribution in [3.05, 3.63) is 59.4 Å². The van der Waals surface area contributed by atoms with Gasteiger partial charge in [-0.05, 0) is 30.3 Å². The van der Waals surface area contributed by atoms with Gasteiger partial charge in [-0.15, -0.1) is 0 Å². The summed E-state index contributed by atoms with van der Waals surface area (Å²) in [6.45, 7) is 2.62. The van der Waals surface area contributed by atoms with E-state index in [0.717, 1.165) is 11.6 Å². The Labute approximate surface area is 116 Å². The van der Waals surface area contributed by atoms with Crippen molar-refractivity contribution >= 4 is 0 Å². The van der Waals surface area contributed by atoms with Crippen LogP contribution in [0.1, 0.15) is 24.1 Å². The smallest absolute Gasteiger partial charge is 0.159 e. The fourth-order valence-corrected chi connectivity index (χ4v) is 2.10. The third kappa shape index (κ3) is 2.93. The summed E-state index contributed by atoms with van der Waals surface area (Å²) in [7, 11) is 1.55. The van der Waals surface area contributed by atoms with Crippen molar-refractivity contribution in [1.82, 2.24) is 10.3 Å². The maximum absolute atomic E-state index is 13.4. The first-order chi connectivity index (χ1) is 9.67. The minimum absolute atomic E-state index is 0.284. The summed E-state index contributed by atoms with van der Waals surface area (Å²) in [6, 6.07) is 5.40. The Kier molecular flexibility index (Phi) is 4.63. The Balaban J connectivity index is 2.47. The van der Waals surface area contributed by atoms with Crippen molar-refractivity contribution in [2.45, 2.75) is 13.0 Å². The molecular weight excluding hydrogens is 262 g/mol. The Bertz CT molecular complexity index is 590. The van der Waals surface area contributed by atoms with E-state index in [9.17, 15) is 8.78 Å². The quantitative estimate of drug-likeness (QED) is 0.912. The number of rotatable bonds is 5. The van der Waals surface area contributed by atoms with Gasteiger partial charge in [0, 0.05) is 11.8 Å². The minimum Gasteiger partial charge on any atom is -0.495 e. The summed E-state index contributed by atoms with van der Waals surface area (Å²) >= 11 is 0. The van der Waals surface area contributed by atoms with Crippen molar-refractivity contribution in [2.75, 3.05) is 13.7 Å². The van der Waals surface area contributed by atoms with E-state index in [0.29, 0.717) is 17.9 Å². The predicted octanol–water partition coefficient (Wildman–Crippen LogP) is 3.07. The minimum atomic E-state index is -0.863. The van der Waals surface area contributed by atoms with Crippen molar-refractivity contribution < 1.29 is 13.5 Å². The van der Waals surface area contributed by atoms with Gasteiger partial charge in [-0.2, -0.15) is 0 Å². The second-order valence-corrected chi connectivity index (χ2v) is 4.28. The molecule has 1 aromatic heterocycles. The zero-order chi connectivity index (χ0) is 14.5. The number of hydrogen-bond acceptors (Lipinski definition) is 3. The Morgan fingerprint density at radius 3 is 2.70 bits per heavy atom. The number of nitrogens with zero attached hydrogens (tertiary/aromatic N) is 1. The lowest BCUT2D eigenvalue weighted by Crippen LogP contribution is -2.22. The first-order valence-electron chi connectivity index (χ1n) is 6.33. The molecule has 1 atom stereocenters. The van der Waals surface area contributed by atoms with Crippen LogP contribution >= 0.6 is 0 Å². The van der Waals surface area contributed by atoms with E-state index >= 15 is 0 Å². The molecule has 2 rings (SSSR count). The van der Waals surface area contributed by atoms with E-state index in [4.69, 9.17) is 4.74 Å². The molecule has 106 valence electrons. The maximum Gasteiger partial charge on any atom is 0.159 e. The molecule has 0 aliphatic rings. The van der Waals surface area contributed by atoms with Gasteiger partial charge in [0.2, 0.25) is 0 Å². The highest BCUT2D eigenvalue weighted by molar-refractivity contribution is 5.39. The molecule has 2 aromatic rings. The number of ether oxygens (including phenoxy) is 1. The van der Waals surface area contributed by atoms with Crippen LogP contribution in [0.2, 0.25) is 0 Å². The van der Waals surface area contributed by atoms with Gasteiger partial charge in [-0.3, -0.25) is 4.98 Å². The average Bonchev–Trinajstić information content (AvgIpc) is 2.48. The maximum atomic E-state index is 13.4. The van der Waals surface area contributed by atoms with Gasteiger partial charge < -0.3 is 10.1 Å². The van der Waals surface area contributed by atoms with Gasteiger partial charge in [0.25, 0.3) is 0 Å². The van der Waals surface area contributed by atoms with Crippen molar-refractivity contribution in [3.8, 4) is 5.75 Å². The van der Waals surface area contributed by atoms with Crippen molar-refractivity contribution in [2.24, 2.45) is 0 Å². The summed E-state index contributed by atoms with van der Waals surface area (Å²) in [5.74, 6) is -1.12. The van der Waals surface area contributed by atoms with E-state index in [2.05, 4.69) is 10.3 Å². The van der Waals surface area contributed by atoms with Crippen molar-refractivity contribution in [3.63, 3.8) is 0 Å². The zero-order valence-electron chi connectivity index (χ0n) is 11.4. The van der Waals surface area contributed by atoms with E-state index in [1.807, 2.05) is 6.92 Å².